The molecule has 3 rings (SSSR count). The van der Waals surface area contributed by atoms with Crippen molar-refractivity contribution in [3.05, 3.63) is 58.1 Å². The van der Waals surface area contributed by atoms with Crippen LogP contribution in [0.15, 0.2) is 36.4 Å². The molecule has 192 valence electrons. The molecule has 2 aromatic carbocycles. The molecule has 4 amide bonds. The Bertz CT molecular complexity index is 1170. The Labute approximate surface area is 213 Å². The summed E-state index contributed by atoms with van der Waals surface area (Å²) < 4.78 is 10.5. The van der Waals surface area contributed by atoms with Crippen LogP contribution in [-0.2, 0) is 16.0 Å². The van der Waals surface area contributed by atoms with Gasteiger partial charge in [-0.25, -0.2) is 9.59 Å². The highest BCUT2D eigenvalue weighted by atomic mass is 35.5. The molecule has 0 aliphatic carbocycles. The number of benzene rings is 2. The van der Waals surface area contributed by atoms with Gasteiger partial charge < -0.3 is 25.2 Å². The van der Waals surface area contributed by atoms with Crippen LogP contribution in [-0.4, -0.2) is 61.1 Å². The number of nitrogens with one attached hydrogen (secondary N) is 2. The number of urea groups is 1. The first-order valence-corrected chi connectivity index (χ1v) is 11.7. The van der Waals surface area contributed by atoms with Gasteiger partial charge in [0.2, 0.25) is 11.8 Å². The van der Waals surface area contributed by atoms with Gasteiger partial charge in [0.15, 0.2) is 0 Å². The van der Waals surface area contributed by atoms with E-state index in [9.17, 15) is 24.3 Å². The summed E-state index contributed by atoms with van der Waals surface area (Å²) in [6.07, 6.45) is 0.610. The van der Waals surface area contributed by atoms with Gasteiger partial charge in [0.1, 0.15) is 23.6 Å². The maximum atomic E-state index is 13.4. The van der Waals surface area contributed by atoms with Gasteiger partial charge >= 0.3 is 12.0 Å². The SMILES string of the molecule is CCC(NC(=O)N1CC(=O)NC[C@@H](Cc2cc(Cl)ccc2OC)C1=O)c1ccc(OC)c(C(=O)O)c1. The van der Waals surface area contributed by atoms with Crippen molar-refractivity contribution >= 4 is 35.4 Å². The average molecular weight is 518 g/mol. The van der Waals surface area contributed by atoms with Crippen LogP contribution >= 0.6 is 11.6 Å². The summed E-state index contributed by atoms with van der Waals surface area (Å²) in [6, 6.07) is 8.25. The average Bonchev–Trinajstić information content (AvgIpc) is 3.00. The van der Waals surface area contributed by atoms with Gasteiger partial charge in [-0.1, -0.05) is 24.6 Å². The fourth-order valence-electron chi connectivity index (χ4n) is 4.08. The highest BCUT2D eigenvalue weighted by Gasteiger charge is 2.35. The van der Waals surface area contributed by atoms with Crippen LogP contribution in [0.5, 0.6) is 11.5 Å². The van der Waals surface area contributed by atoms with E-state index in [-0.39, 0.29) is 24.3 Å². The Morgan fingerprint density at radius 3 is 2.50 bits per heavy atom. The van der Waals surface area contributed by atoms with E-state index in [1.54, 1.807) is 31.2 Å². The first-order chi connectivity index (χ1) is 17.2. The maximum Gasteiger partial charge on any atom is 0.339 e. The Morgan fingerprint density at radius 2 is 1.86 bits per heavy atom. The normalized spacial score (nSPS) is 16.6. The highest BCUT2D eigenvalue weighted by molar-refractivity contribution is 6.30. The van der Waals surface area contributed by atoms with Gasteiger partial charge in [0.05, 0.1) is 26.2 Å². The van der Waals surface area contributed by atoms with E-state index >= 15 is 0 Å². The van der Waals surface area contributed by atoms with Crippen molar-refractivity contribution in [1.29, 1.82) is 0 Å². The molecule has 0 bridgehead atoms. The highest BCUT2D eigenvalue weighted by Crippen LogP contribution is 2.28. The molecular weight excluding hydrogens is 490 g/mol. The predicted molar refractivity (Wildman–Crippen MR) is 131 cm³/mol. The van der Waals surface area contributed by atoms with Crippen LogP contribution < -0.4 is 20.1 Å². The molecular formula is C25H28ClN3O7. The van der Waals surface area contributed by atoms with E-state index in [2.05, 4.69) is 10.6 Å². The standard InChI is InChI=1S/C25H28ClN3O7/c1-4-19(14-5-7-21(36-3)18(11-14)24(32)33)28-25(34)29-13-22(30)27-12-16(23(29)31)9-15-10-17(26)6-8-20(15)35-2/h5-8,10-11,16,19H,4,9,12-13H2,1-3H3,(H,27,30)(H,28,34)(H,32,33)/t16-,19?/m1/s1. The maximum absolute atomic E-state index is 13.4. The number of carbonyl (C=O) groups excluding carboxylic acids is 3. The summed E-state index contributed by atoms with van der Waals surface area (Å²) in [5.41, 5.74) is 1.14. The Kier molecular flexibility index (Phi) is 8.76. The third kappa shape index (κ3) is 6.06. The van der Waals surface area contributed by atoms with Gasteiger partial charge in [0.25, 0.3) is 0 Å². The van der Waals surface area contributed by atoms with Gasteiger partial charge in [0, 0.05) is 11.6 Å². The van der Waals surface area contributed by atoms with Crippen molar-refractivity contribution in [1.82, 2.24) is 15.5 Å². The number of ether oxygens (including phenoxy) is 2. The van der Waals surface area contributed by atoms with Gasteiger partial charge in [-0.15, -0.1) is 0 Å². The van der Waals surface area contributed by atoms with Crippen LogP contribution in [0.2, 0.25) is 5.02 Å². The van der Waals surface area contributed by atoms with Crippen LogP contribution in [0.25, 0.3) is 0 Å². The van der Waals surface area contributed by atoms with Crippen LogP contribution in [0.1, 0.15) is 40.9 Å². The number of rotatable bonds is 8. The number of halogens is 1. The Morgan fingerprint density at radius 1 is 1.17 bits per heavy atom. The number of nitrogens with zero attached hydrogens (tertiary/aromatic N) is 1. The quantitative estimate of drug-likeness (QED) is 0.490. The molecule has 0 saturated carbocycles. The largest absolute Gasteiger partial charge is 0.496 e. The van der Waals surface area contributed by atoms with E-state index in [0.717, 1.165) is 4.90 Å². The Balaban J connectivity index is 1.83. The smallest absolute Gasteiger partial charge is 0.339 e. The monoisotopic (exact) mass is 517 g/mol. The molecule has 1 unspecified atom stereocenters. The number of methoxy groups -OCH3 is 2. The molecule has 1 fully saturated rings. The summed E-state index contributed by atoms with van der Waals surface area (Å²) in [5, 5.41) is 15.4. The second-order valence-electron chi connectivity index (χ2n) is 8.26. The minimum absolute atomic E-state index is 0.0504. The number of carbonyl (C=O) groups is 4. The fourth-order valence-corrected chi connectivity index (χ4v) is 4.28. The van der Waals surface area contributed by atoms with Crippen molar-refractivity contribution in [3.63, 3.8) is 0 Å². The molecule has 1 aliphatic rings. The molecule has 1 heterocycles. The zero-order valence-corrected chi connectivity index (χ0v) is 20.9. The summed E-state index contributed by atoms with van der Waals surface area (Å²) >= 11 is 6.11. The number of hydrogen-bond donors (Lipinski definition) is 3. The van der Waals surface area contributed by atoms with Crippen molar-refractivity contribution in [2.24, 2.45) is 5.92 Å². The zero-order chi connectivity index (χ0) is 26.4. The molecule has 0 radical (unpaired) electrons. The van der Waals surface area contributed by atoms with Crippen molar-refractivity contribution in [3.8, 4) is 11.5 Å². The summed E-state index contributed by atoms with van der Waals surface area (Å²) in [5.74, 6) is -2.17. The van der Waals surface area contributed by atoms with E-state index in [0.29, 0.717) is 28.3 Å². The molecule has 0 spiro atoms. The predicted octanol–water partition coefficient (Wildman–Crippen LogP) is 3.03. The van der Waals surface area contributed by atoms with Crippen molar-refractivity contribution in [2.75, 3.05) is 27.3 Å². The molecule has 1 saturated heterocycles. The molecule has 11 heteroatoms. The number of aromatic carboxylic acids is 1. The number of carboxylic acids is 1. The molecule has 1 aliphatic heterocycles. The van der Waals surface area contributed by atoms with Gasteiger partial charge in [-0.3, -0.25) is 14.5 Å². The lowest BCUT2D eigenvalue weighted by Gasteiger charge is -2.26. The lowest BCUT2D eigenvalue weighted by Crippen LogP contribution is -2.48. The molecule has 10 nitrogen and oxygen atoms in total. The molecule has 2 atom stereocenters. The van der Waals surface area contributed by atoms with E-state index in [1.807, 2.05) is 0 Å². The third-order valence-corrected chi connectivity index (χ3v) is 6.21. The summed E-state index contributed by atoms with van der Waals surface area (Å²) in [4.78, 5) is 51.4. The van der Waals surface area contributed by atoms with Gasteiger partial charge in [-0.05, 0) is 54.3 Å². The second kappa shape index (κ2) is 11.8. The minimum atomic E-state index is -1.17. The lowest BCUT2D eigenvalue weighted by molar-refractivity contribution is -0.133. The van der Waals surface area contributed by atoms with Crippen LogP contribution in [0.4, 0.5) is 4.79 Å². The third-order valence-electron chi connectivity index (χ3n) is 5.98. The molecule has 2 aromatic rings. The first kappa shape index (κ1) is 26.8. The second-order valence-corrected chi connectivity index (χ2v) is 8.70. The van der Waals surface area contributed by atoms with Crippen molar-refractivity contribution in [2.45, 2.75) is 25.8 Å². The molecule has 0 aromatic heterocycles. The summed E-state index contributed by atoms with van der Waals surface area (Å²) in [7, 11) is 2.87. The number of amides is 4. The number of imide groups is 1. The minimum Gasteiger partial charge on any atom is -0.496 e. The van der Waals surface area contributed by atoms with Crippen molar-refractivity contribution < 1.29 is 33.8 Å². The zero-order valence-electron chi connectivity index (χ0n) is 20.2. The lowest BCUT2D eigenvalue weighted by atomic mass is 9.97. The van der Waals surface area contributed by atoms with E-state index < -0.39 is 42.3 Å². The topological polar surface area (TPSA) is 134 Å². The molecule has 3 N–H and O–H groups in total. The Hall–Kier alpha value is -3.79. The van der Waals surface area contributed by atoms with Crippen LogP contribution in [0, 0.1) is 5.92 Å². The van der Waals surface area contributed by atoms with E-state index in [4.69, 9.17) is 21.1 Å². The number of carboxylic acid groups (broad SMARTS) is 1. The first-order valence-electron chi connectivity index (χ1n) is 11.3. The van der Waals surface area contributed by atoms with E-state index in [1.165, 1.54) is 26.4 Å². The number of hydrogen-bond acceptors (Lipinski definition) is 6. The van der Waals surface area contributed by atoms with Crippen LogP contribution in [0.3, 0.4) is 0 Å². The molecule has 36 heavy (non-hydrogen) atoms. The summed E-state index contributed by atoms with van der Waals surface area (Å²) in [6.45, 7) is 1.42. The van der Waals surface area contributed by atoms with Gasteiger partial charge in [-0.2, -0.15) is 0 Å². The fraction of sp³-hybridized carbons (Fsp3) is 0.360.